The Morgan fingerprint density at radius 3 is 2.38 bits per heavy atom. The van der Waals surface area contributed by atoms with Crippen molar-refractivity contribution in [3.8, 4) is 0 Å². The summed E-state index contributed by atoms with van der Waals surface area (Å²) in [6.45, 7) is 6.85. The van der Waals surface area contributed by atoms with Gasteiger partial charge in [0.2, 0.25) is 0 Å². The maximum Gasteiger partial charge on any atom is 0.175 e. The van der Waals surface area contributed by atoms with Gasteiger partial charge in [0.1, 0.15) is 0 Å². The first-order valence-corrected chi connectivity index (χ1v) is 9.18. The SMILES string of the molecule is CSc1nnc(SCC(CBr)C(C)(C)C)s1. The van der Waals surface area contributed by atoms with Crippen LogP contribution in [0.2, 0.25) is 0 Å². The van der Waals surface area contributed by atoms with Crippen LogP contribution in [0.4, 0.5) is 0 Å². The highest BCUT2D eigenvalue weighted by Crippen LogP contribution is 2.34. The lowest BCUT2D eigenvalue weighted by molar-refractivity contribution is 0.295. The van der Waals surface area contributed by atoms with E-state index in [0.717, 1.165) is 19.8 Å². The van der Waals surface area contributed by atoms with Crippen LogP contribution in [0.1, 0.15) is 20.8 Å². The zero-order valence-electron chi connectivity index (χ0n) is 9.99. The summed E-state index contributed by atoms with van der Waals surface area (Å²) < 4.78 is 2.13. The summed E-state index contributed by atoms with van der Waals surface area (Å²) in [5, 5.41) is 9.31. The van der Waals surface area contributed by atoms with Crippen LogP contribution in [-0.4, -0.2) is 27.5 Å². The van der Waals surface area contributed by atoms with Crippen LogP contribution in [0.5, 0.6) is 0 Å². The first kappa shape index (κ1) is 14.8. The van der Waals surface area contributed by atoms with Crippen molar-refractivity contribution < 1.29 is 0 Å². The van der Waals surface area contributed by atoms with Crippen molar-refractivity contribution in [1.82, 2.24) is 10.2 Å². The maximum atomic E-state index is 4.17. The molecule has 0 aromatic carbocycles. The third-order valence-electron chi connectivity index (χ3n) is 2.38. The molecule has 92 valence electrons. The molecule has 1 aromatic heterocycles. The minimum Gasteiger partial charge on any atom is -0.131 e. The fourth-order valence-electron chi connectivity index (χ4n) is 1.04. The standard InChI is InChI=1S/C10H17BrN2S3/c1-10(2,3)7(5-11)6-15-9-13-12-8(14-4)16-9/h7H,5-6H2,1-4H3. The molecule has 0 fully saturated rings. The lowest BCUT2D eigenvalue weighted by Crippen LogP contribution is -2.23. The van der Waals surface area contributed by atoms with E-state index in [1.807, 2.05) is 18.0 Å². The lowest BCUT2D eigenvalue weighted by Gasteiger charge is -2.28. The molecule has 0 amide bonds. The van der Waals surface area contributed by atoms with Gasteiger partial charge in [0.25, 0.3) is 0 Å². The van der Waals surface area contributed by atoms with Gasteiger partial charge in [-0.05, 0) is 17.6 Å². The Kier molecular flexibility index (Phi) is 6.12. The largest absolute Gasteiger partial charge is 0.175 e. The van der Waals surface area contributed by atoms with Gasteiger partial charge < -0.3 is 0 Å². The Hall–Kier alpha value is 0.740. The van der Waals surface area contributed by atoms with Gasteiger partial charge in [-0.25, -0.2) is 0 Å². The topological polar surface area (TPSA) is 25.8 Å². The molecule has 0 aliphatic rings. The average molecular weight is 341 g/mol. The lowest BCUT2D eigenvalue weighted by atomic mass is 9.83. The molecule has 0 aliphatic carbocycles. The number of alkyl halides is 1. The number of halogens is 1. The fourth-order valence-corrected chi connectivity index (χ4v) is 5.44. The number of thioether (sulfide) groups is 2. The molecule has 0 bridgehead atoms. The van der Waals surface area contributed by atoms with Crippen LogP contribution in [-0.2, 0) is 0 Å². The Balaban J connectivity index is 2.49. The first-order chi connectivity index (χ1) is 7.47. The van der Waals surface area contributed by atoms with Crippen LogP contribution in [0, 0.1) is 11.3 Å². The Bertz CT molecular complexity index is 322. The number of hydrogen-bond acceptors (Lipinski definition) is 5. The number of hydrogen-bond donors (Lipinski definition) is 0. The Morgan fingerprint density at radius 2 is 1.94 bits per heavy atom. The van der Waals surface area contributed by atoms with Crippen LogP contribution in [0.3, 0.4) is 0 Å². The third-order valence-corrected chi connectivity index (χ3v) is 6.36. The maximum absolute atomic E-state index is 4.17. The van der Waals surface area contributed by atoms with Crippen molar-refractivity contribution in [3.63, 3.8) is 0 Å². The zero-order valence-corrected chi connectivity index (χ0v) is 14.0. The minimum atomic E-state index is 0.337. The summed E-state index contributed by atoms with van der Waals surface area (Å²) in [4.78, 5) is 0. The molecule has 6 heteroatoms. The molecule has 0 saturated heterocycles. The average Bonchev–Trinajstić information content (AvgIpc) is 2.64. The van der Waals surface area contributed by atoms with Crippen LogP contribution in [0.25, 0.3) is 0 Å². The van der Waals surface area contributed by atoms with Crippen molar-refractivity contribution in [2.24, 2.45) is 11.3 Å². The van der Waals surface area contributed by atoms with Gasteiger partial charge in [0, 0.05) is 11.1 Å². The van der Waals surface area contributed by atoms with E-state index in [4.69, 9.17) is 0 Å². The molecule has 0 N–H and O–H groups in total. The third kappa shape index (κ3) is 4.55. The molecule has 0 spiro atoms. The molecule has 1 unspecified atom stereocenters. The van der Waals surface area contributed by atoms with E-state index < -0.39 is 0 Å². The Morgan fingerprint density at radius 1 is 1.31 bits per heavy atom. The molecule has 1 atom stereocenters. The first-order valence-electron chi connectivity index (χ1n) is 5.03. The molecule has 0 aliphatic heterocycles. The van der Waals surface area contributed by atoms with Gasteiger partial charge in [-0.15, -0.1) is 10.2 Å². The molecule has 1 heterocycles. The van der Waals surface area contributed by atoms with E-state index >= 15 is 0 Å². The smallest absolute Gasteiger partial charge is 0.131 e. The molecule has 1 aromatic rings. The summed E-state index contributed by atoms with van der Waals surface area (Å²) in [7, 11) is 0. The molecule has 2 nitrogen and oxygen atoms in total. The fraction of sp³-hybridized carbons (Fsp3) is 0.800. The highest BCUT2D eigenvalue weighted by Gasteiger charge is 2.24. The quantitative estimate of drug-likeness (QED) is 0.585. The minimum absolute atomic E-state index is 0.337. The van der Waals surface area contributed by atoms with E-state index in [1.54, 1.807) is 23.1 Å². The van der Waals surface area contributed by atoms with Crippen LogP contribution < -0.4 is 0 Å². The van der Waals surface area contributed by atoms with Gasteiger partial charge in [0.05, 0.1) is 0 Å². The zero-order chi connectivity index (χ0) is 12.2. The summed E-state index contributed by atoms with van der Waals surface area (Å²) in [5.41, 5.74) is 0.337. The van der Waals surface area contributed by atoms with Gasteiger partial charge in [0.15, 0.2) is 8.68 Å². The van der Waals surface area contributed by atoms with E-state index in [1.165, 1.54) is 0 Å². The van der Waals surface area contributed by atoms with Crippen molar-refractivity contribution in [3.05, 3.63) is 0 Å². The van der Waals surface area contributed by atoms with E-state index in [0.29, 0.717) is 11.3 Å². The van der Waals surface area contributed by atoms with Crippen molar-refractivity contribution in [2.45, 2.75) is 29.5 Å². The van der Waals surface area contributed by atoms with E-state index in [9.17, 15) is 0 Å². The molecule has 16 heavy (non-hydrogen) atoms. The predicted molar refractivity (Wildman–Crippen MR) is 79.2 cm³/mol. The summed E-state index contributed by atoms with van der Waals surface area (Å²) in [6, 6.07) is 0. The van der Waals surface area contributed by atoms with Gasteiger partial charge in [-0.2, -0.15) is 0 Å². The van der Waals surface area contributed by atoms with Gasteiger partial charge in [-0.1, -0.05) is 71.6 Å². The van der Waals surface area contributed by atoms with E-state index in [-0.39, 0.29) is 0 Å². The molecule has 0 saturated carbocycles. The predicted octanol–water partition coefficient (Wildman–Crippen LogP) is 4.41. The second-order valence-electron chi connectivity index (χ2n) is 4.57. The normalized spacial score (nSPS) is 14.1. The molecule has 1 rings (SSSR count). The van der Waals surface area contributed by atoms with Crippen molar-refractivity contribution in [1.29, 1.82) is 0 Å². The van der Waals surface area contributed by atoms with Crippen LogP contribution >= 0.6 is 50.8 Å². The highest BCUT2D eigenvalue weighted by molar-refractivity contribution is 9.09. The number of nitrogens with zero attached hydrogens (tertiary/aromatic N) is 2. The molecular weight excluding hydrogens is 324 g/mol. The van der Waals surface area contributed by atoms with Gasteiger partial charge in [-0.3, -0.25) is 0 Å². The van der Waals surface area contributed by atoms with Gasteiger partial charge >= 0.3 is 0 Å². The summed E-state index contributed by atoms with van der Waals surface area (Å²) >= 11 is 8.75. The molecular formula is C10H17BrN2S3. The summed E-state index contributed by atoms with van der Waals surface area (Å²) in [5.74, 6) is 1.75. The molecule has 0 radical (unpaired) electrons. The summed E-state index contributed by atoms with van der Waals surface area (Å²) in [6.07, 6.45) is 2.03. The number of rotatable bonds is 5. The number of aromatic nitrogens is 2. The highest BCUT2D eigenvalue weighted by atomic mass is 79.9. The second kappa shape index (κ2) is 6.61. The van der Waals surface area contributed by atoms with Crippen molar-refractivity contribution >= 4 is 50.8 Å². The van der Waals surface area contributed by atoms with Crippen molar-refractivity contribution in [2.75, 3.05) is 17.3 Å². The van der Waals surface area contributed by atoms with E-state index in [2.05, 4.69) is 46.9 Å². The monoisotopic (exact) mass is 340 g/mol. The second-order valence-corrected chi connectivity index (χ2v) is 8.51. The van der Waals surface area contributed by atoms with Crippen LogP contribution in [0.15, 0.2) is 8.68 Å². The Labute approximate surface area is 119 Å².